The molecule has 138 valence electrons. The largest absolute Gasteiger partial charge is 0.312 e. The smallest absolute Gasteiger partial charge is 0.264 e. The van der Waals surface area contributed by atoms with Crippen LogP contribution in [0.5, 0.6) is 0 Å². The van der Waals surface area contributed by atoms with Gasteiger partial charge in [-0.3, -0.25) is 4.90 Å². The number of nitrogens with one attached hydrogen (secondary N) is 2. The van der Waals surface area contributed by atoms with Gasteiger partial charge in [-0.15, -0.1) is 0 Å². The topological polar surface area (TPSA) is 87.2 Å². The van der Waals surface area contributed by atoms with Crippen molar-refractivity contribution in [2.75, 3.05) is 24.4 Å². The van der Waals surface area contributed by atoms with E-state index < -0.39 is 10.0 Å². The minimum Gasteiger partial charge on any atom is -0.312 e. The maximum Gasteiger partial charge on any atom is 0.264 e. The Labute approximate surface area is 153 Å². The first-order valence-corrected chi connectivity index (χ1v) is 10.4. The molecule has 1 aromatic heterocycles. The highest BCUT2D eigenvalue weighted by atomic mass is 32.2. The molecule has 8 heteroatoms. The highest BCUT2D eigenvalue weighted by molar-refractivity contribution is 7.92. The Balaban J connectivity index is 1.41. The molecule has 2 bridgehead atoms. The molecule has 5 rings (SSSR count). The molecule has 0 saturated carbocycles. The van der Waals surface area contributed by atoms with Crippen LogP contribution in [-0.4, -0.2) is 49.0 Å². The Hall–Kier alpha value is -2.03. The number of sulfonamides is 1. The normalized spacial score (nSPS) is 23.5. The summed E-state index contributed by atoms with van der Waals surface area (Å²) in [7, 11) is -3.66. The molecular formula is C18H23N5O2S. The lowest BCUT2D eigenvalue weighted by molar-refractivity contribution is 0.255. The van der Waals surface area contributed by atoms with Crippen LogP contribution >= 0.6 is 0 Å². The van der Waals surface area contributed by atoms with Gasteiger partial charge in [-0.05, 0) is 37.4 Å². The zero-order chi connectivity index (χ0) is 18.0. The van der Waals surface area contributed by atoms with E-state index in [1.54, 1.807) is 42.7 Å². The number of hydrogen-bond acceptors (Lipinski definition) is 6. The third-order valence-corrected chi connectivity index (χ3v) is 6.35. The Morgan fingerprint density at radius 2 is 1.88 bits per heavy atom. The fraction of sp³-hybridized carbons (Fsp3) is 0.444. The number of piperidine rings is 1. The maximum atomic E-state index is 12.3. The third kappa shape index (κ3) is 4.03. The quantitative estimate of drug-likeness (QED) is 0.825. The molecule has 3 saturated heterocycles. The number of rotatable bonds is 5. The number of anilines is 1. The van der Waals surface area contributed by atoms with Crippen LogP contribution in [0.25, 0.3) is 0 Å². The Morgan fingerprint density at radius 3 is 2.58 bits per heavy atom. The summed E-state index contributed by atoms with van der Waals surface area (Å²) in [6.07, 6.45) is 5.95. The van der Waals surface area contributed by atoms with Gasteiger partial charge >= 0.3 is 0 Å². The van der Waals surface area contributed by atoms with Crippen LogP contribution in [0.15, 0.2) is 47.6 Å². The molecule has 0 radical (unpaired) electrons. The van der Waals surface area contributed by atoms with Crippen molar-refractivity contribution in [3.05, 3.63) is 48.3 Å². The first-order chi connectivity index (χ1) is 12.6. The Kier molecular flexibility index (Phi) is 4.88. The van der Waals surface area contributed by atoms with E-state index >= 15 is 0 Å². The molecule has 0 spiro atoms. The van der Waals surface area contributed by atoms with Crippen molar-refractivity contribution in [3.63, 3.8) is 0 Å². The fourth-order valence-electron chi connectivity index (χ4n) is 3.69. The number of aromatic nitrogens is 2. The van der Waals surface area contributed by atoms with Crippen molar-refractivity contribution in [1.29, 1.82) is 0 Å². The Morgan fingerprint density at radius 1 is 1.12 bits per heavy atom. The van der Waals surface area contributed by atoms with Gasteiger partial charge in [-0.2, -0.15) is 0 Å². The van der Waals surface area contributed by atoms with E-state index in [-0.39, 0.29) is 10.8 Å². The second-order valence-corrected chi connectivity index (χ2v) is 8.76. The highest BCUT2D eigenvalue weighted by Gasteiger charge is 2.28. The molecule has 2 aromatic rings. The predicted molar refractivity (Wildman–Crippen MR) is 99.1 cm³/mol. The first kappa shape index (κ1) is 17.4. The van der Waals surface area contributed by atoms with Gasteiger partial charge in [0.1, 0.15) is 0 Å². The van der Waals surface area contributed by atoms with E-state index in [1.165, 1.54) is 12.8 Å². The molecular weight excluding hydrogens is 350 g/mol. The zero-order valence-corrected chi connectivity index (χ0v) is 15.3. The molecule has 0 amide bonds. The lowest BCUT2D eigenvalue weighted by atomic mass is 9.97. The van der Waals surface area contributed by atoms with E-state index in [2.05, 4.69) is 24.9 Å². The van der Waals surface area contributed by atoms with Crippen LogP contribution in [0.1, 0.15) is 18.4 Å². The number of hydrogen-bond donors (Lipinski definition) is 2. The average molecular weight is 373 g/mol. The summed E-state index contributed by atoms with van der Waals surface area (Å²) in [5, 5.41) is 3.60. The van der Waals surface area contributed by atoms with Crippen LogP contribution < -0.4 is 10.0 Å². The second kappa shape index (κ2) is 7.30. The maximum absolute atomic E-state index is 12.3. The number of benzene rings is 1. The van der Waals surface area contributed by atoms with E-state index in [0.717, 1.165) is 31.7 Å². The molecule has 3 fully saturated rings. The van der Waals surface area contributed by atoms with Gasteiger partial charge in [0.25, 0.3) is 10.0 Å². The van der Waals surface area contributed by atoms with Crippen molar-refractivity contribution in [2.45, 2.75) is 30.3 Å². The molecule has 2 atom stereocenters. The van der Waals surface area contributed by atoms with Crippen molar-refractivity contribution >= 4 is 16.0 Å². The molecule has 0 aliphatic carbocycles. The summed E-state index contributed by atoms with van der Waals surface area (Å²) in [6, 6.07) is 8.79. The van der Waals surface area contributed by atoms with Crippen molar-refractivity contribution in [3.8, 4) is 0 Å². The summed E-state index contributed by atoms with van der Waals surface area (Å²) in [4.78, 5) is 11.0. The number of nitrogens with zero attached hydrogens (tertiary/aromatic N) is 3. The van der Waals surface area contributed by atoms with Crippen LogP contribution in [0.2, 0.25) is 0 Å². The lowest BCUT2D eigenvalue weighted by Gasteiger charge is -2.23. The molecule has 7 nitrogen and oxygen atoms in total. The van der Waals surface area contributed by atoms with Crippen LogP contribution in [0, 0.1) is 5.92 Å². The Bertz CT molecular complexity index is 820. The monoisotopic (exact) mass is 373 g/mol. The third-order valence-electron chi connectivity index (χ3n) is 5.00. The molecule has 4 heterocycles. The van der Waals surface area contributed by atoms with E-state index in [1.807, 2.05) is 0 Å². The molecule has 3 aliphatic heterocycles. The van der Waals surface area contributed by atoms with Gasteiger partial charge in [0.2, 0.25) is 5.95 Å². The second-order valence-electron chi connectivity index (χ2n) is 7.08. The van der Waals surface area contributed by atoms with Crippen molar-refractivity contribution in [1.82, 2.24) is 20.2 Å². The molecule has 1 aromatic carbocycles. The van der Waals surface area contributed by atoms with Gasteiger partial charge in [0.05, 0.1) is 4.90 Å². The SMILES string of the molecule is O=S(=O)(Nc1ncc(CN2C[C@H]3CC[C@@H](C2)NC3)cn1)c1ccccc1. The highest BCUT2D eigenvalue weighted by Crippen LogP contribution is 2.22. The summed E-state index contributed by atoms with van der Waals surface area (Å²) in [5.74, 6) is 0.807. The number of fused-ring (bicyclic) bond motifs is 4. The first-order valence-electron chi connectivity index (χ1n) is 8.93. The summed E-state index contributed by atoms with van der Waals surface area (Å²) in [6.45, 7) is 4.03. The molecule has 0 unspecified atom stereocenters. The molecule has 2 N–H and O–H groups in total. The van der Waals surface area contributed by atoms with Crippen LogP contribution in [0.3, 0.4) is 0 Å². The van der Waals surface area contributed by atoms with Gasteiger partial charge < -0.3 is 5.32 Å². The minimum absolute atomic E-state index is 0.0928. The van der Waals surface area contributed by atoms with Gasteiger partial charge in [0, 0.05) is 43.6 Å². The average Bonchev–Trinajstić information content (AvgIpc) is 2.96. The summed E-state index contributed by atoms with van der Waals surface area (Å²) >= 11 is 0. The zero-order valence-electron chi connectivity index (χ0n) is 14.5. The van der Waals surface area contributed by atoms with Crippen molar-refractivity contribution in [2.24, 2.45) is 5.92 Å². The van der Waals surface area contributed by atoms with Crippen LogP contribution in [-0.2, 0) is 16.6 Å². The lowest BCUT2D eigenvalue weighted by Crippen LogP contribution is -2.39. The standard InChI is InChI=1S/C18H23N5O2S/c24-26(25,17-4-2-1-3-5-17)22-18-20-9-15(10-21-18)12-23-11-14-6-7-16(13-23)19-8-14/h1-5,9-10,14,16,19H,6-8,11-13H2,(H,20,21,22)/t14-,16-/m0/s1. The fourth-order valence-corrected chi connectivity index (χ4v) is 4.67. The summed E-state index contributed by atoms with van der Waals surface area (Å²) in [5.41, 5.74) is 0.994. The van der Waals surface area contributed by atoms with E-state index in [4.69, 9.17) is 0 Å². The predicted octanol–water partition coefficient (Wildman–Crippen LogP) is 1.46. The summed E-state index contributed by atoms with van der Waals surface area (Å²) < 4.78 is 27.1. The van der Waals surface area contributed by atoms with E-state index in [9.17, 15) is 8.42 Å². The molecule has 26 heavy (non-hydrogen) atoms. The van der Waals surface area contributed by atoms with Gasteiger partial charge in [-0.1, -0.05) is 18.2 Å². The minimum atomic E-state index is -3.66. The molecule has 3 aliphatic rings. The van der Waals surface area contributed by atoms with Gasteiger partial charge in [0.15, 0.2) is 0 Å². The van der Waals surface area contributed by atoms with E-state index in [0.29, 0.717) is 12.0 Å². The van der Waals surface area contributed by atoms with Crippen LogP contribution in [0.4, 0.5) is 5.95 Å². The van der Waals surface area contributed by atoms with Crippen molar-refractivity contribution < 1.29 is 8.42 Å². The van der Waals surface area contributed by atoms with Gasteiger partial charge in [-0.25, -0.2) is 23.1 Å².